The molecule has 0 aliphatic carbocycles. The number of nitrogens with zero attached hydrogens (tertiary/aromatic N) is 3. The molecule has 0 fully saturated rings. The van der Waals surface area contributed by atoms with Crippen molar-refractivity contribution >= 4 is 49.5 Å². The fraction of sp³-hybridized carbons (Fsp3) is 0. The van der Waals surface area contributed by atoms with Crippen LogP contribution < -0.4 is 4.90 Å². The van der Waals surface area contributed by atoms with Crippen LogP contribution in [-0.2, 0) is 0 Å². The molecule has 0 spiro atoms. The third-order valence-corrected chi connectivity index (χ3v) is 10.6. The quantitative estimate of drug-likeness (QED) is 0.155. The number of aromatic nitrogens is 2. The van der Waals surface area contributed by atoms with E-state index < -0.39 is 0 Å². The first-order valence-corrected chi connectivity index (χ1v) is 18.6. The molecule has 3 heteroatoms. The van der Waals surface area contributed by atoms with E-state index in [1.165, 1.54) is 71.3 Å². The Bertz CT molecular complexity index is 2930. The third kappa shape index (κ3) is 5.80. The molecular formula is C52H35N3. The Kier molecular flexibility index (Phi) is 8.16. The van der Waals surface area contributed by atoms with Gasteiger partial charge in [-0.3, -0.25) is 9.88 Å². The first kappa shape index (κ1) is 32.3. The maximum absolute atomic E-state index is 4.81. The molecule has 3 nitrogen and oxygen atoms in total. The van der Waals surface area contributed by atoms with Crippen LogP contribution in [0.3, 0.4) is 0 Å². The predicted molar refractivity (Wildman–Crippen MR) is 231 cm³/mol. The number of hydrogen-bond acceptors (Lipinski definition) is 3. The average molecular weight is 702 g/mol. The lowest BCUT2D eigenvalue weighted by molar-refractivity contribution is 1.13. The number of hydrogen-bond donors (Lipinski definition) is 0. The molecule has 10 aromatic rings. The molecule has 1 aromatic heterocycles. The molecule has 0 unspecified atom stereocenters. The first-order valence-electron chi connectivity index (χ1n) is 18.6. The zero-order valence-corrected chi connectivity index (χ0v) is 30.0. The van der Waals surface area contributed by atoms with Crippen molar-refractivity contribution in [3.8, 4) is 44.5 Å². The van der Waals surface area contributed by atoms with Crippen LogP contribution in [0, 0.1) is 0 Å². The molecule has 55 heavy (non-hydrogen) atoms. The predicted octanol–water partition coefficient (Wildman–Crippen LogP) is 14.1. The largest absolute Gasteiger partial charge is 0.294 e. The van der Waals surface area contributed by atoms with Crippen molar-refractivity contribution in [1.29, 1.82) is 0 Å². The highest BCUT2D eigenvalue weighted by Gasteiger charge is 2.23. The van der Waals surface area contributed by atoms with Crippen molar-refractivity contribution < 1.29 is 0 Å². The fourth-order valence-corrected chi connectivity index (χ4v) is 8.13. The van der Waals surface area contributed by atoms with Gasteiger partial charge in [-0.15, -0.1) is 0 Å². The van der Waals surface area contributed by atoms with Crippen LogP contribution in [0.1, 0.15) is 0 Å². The topological polar surface area (TPSA) is 29.0 Å². The van der Waals surface area contributed by atoms with E-state index in [9.17, 15) is 0 Å². The van der Waals surface area contributed by atoms with Gasteiger partial charge in [0.05, 0.1) is 6.20 Å². The Morgan fingerprint density at radius 1 is 0.345 bits per heavy atom. The number of benzene rings is 9. The molecule has 0 saturated carbocycles. The summed E-state index contributed by atoms with van der Waals surface area (Å²) >= 11 is 0. The van der Waals surface area contributed by atoms with E-state index >= 15 is 0 Å². The van der Waals surface area contributed by atoms with Crippen molar-refractivity contribution in [2.75, 3.05) is 4.90 Å². The van der Waals surface area contributed by atoms with E-state index in [4.69, 9.17) is 4.98 Å². The molecule has 0 radical (unpaired) electrons. The highest BCUT2D eigenvalue weighted by Crippen LogP contribution is 2.50. The summed E-state index contributed by atoms with van der Waals surface area (Å²) in [5, 5.41) is 7.29. The molecule has 0 atom stereocenters. The van der Waals surface area contributed by atoms with Gasteiger partial charge in [0.1, 0.15) is 0 Å². The van der Waals surface area contributed by atoms with Gasteiger partial charge >= 0.3 is 0 Å². The second-order valence-corrected chi connectivity index (χ2v) is 13.8. The van der Waals surface area contributed by atoms with Crippen LogP contribution in [-0.4, -0.2) is 9.97 Å². The summed E-state index contributed by atoms with van der Waals surface area (Å²) in [5.41, 5.74) is 11.6. The number of rotatable bonds is 7. The molecule has 9 aromatic carbocycles. The van der Waals surface area contributed by atoms with Crippen molar-refractivity contribution in [2.45, 2.75) is 0 Å². The average Bonchev–Trinajstić information content (AvgIpc) is 3.28. The van der Waals surface area contributed by atoms with Gasteiger partial charge in [0.2, 0.25) is 0 Å². The summed E-state index contributed by atoms with van der Waals surface area (Å²) in [6, 6.07) is 69.9. The molecule has 1 heterocycles. The monoisotopic (exact) mass is 701 g/mol. The molecule has 0 N–H and O–H groups in total. The van der Waals surface area contributed by atoms with Gasteiger partial charge in [0.15, 0.2) is 5.82 Å². The van der Waals surface area contributed by atoms with Gasteiger partial charge in [-0.25, -0.2) is 4.98 Å². The minimum atomic E-state index is 0.752. The van der Waals surface area contributed by atoms with E-state index in [1.54, 1.807) is 12.4 Å². The van der Waals surface area contributed by atoms with Gasteiger partial charge in [-0.1, -0.05) is 164 Å². The normalized spacial score (nSPS) is 11.3. The Morgan fingerprint density at radius 2 is 0.873 bits per heavy atom. The smallest absolute Gasteiger partial charge is 0.156 e. The van der Waals surface area contributed by atoms with E-state index in [-0.39, 0.29) is 0 Å². The Morgan fingerprint density at radius 3 is 1.51 bits per heavy atom. The van der Waals surface area contributed by atoms with Crippen molar-refractivity contribution in [3.05, 3.63) is 213 Å². The third-order valence-electron chi connectivity index (χ3n) is 10.6. The number of fused-ring (bicyclic) bond motifs is 6. The molecule has 0 amide bonds. The molecule has 0 aliphatic heterocycles. The first-order chi connectivity index (χ1) is 27.3. The van der Waals surface area contributed by atoms with Crippen molar-refractivity contribution in [3.63, 3.8) is 0 Å². The van der Waals surface area contributed by atoms with Crippen LogP contribution >= 0.6 is 0 Å². The van der Waals surface area contributed by atoms with Crippen LogP contribution in [0.2, 0.25) is 0 Å². The zero-order chi connectivity index (χ0) is 36.6. The summed E-state index contributed by atoms with van der Waals surface area (Å²) in [5.74, 6) is 0.752. The lowest BCUT2D eigenvalue weighted by Gasteiger charge is -2.26. The van der Waals surface area contributed by atoms with Crippen LogP contribution in [0.15, 0.2) is 213 Å². The summed E-state index contributed by atoms with van der Waals surface area (Å²) in [6.45, 7) is 0. The molecule has 10 rings (SSSR count). The summed E-state index contributed by atoms with van der Waals surface area (Å²) in [7, 11) is 0. The van der Waals surface area contributed by atoms with Gasteiger partial charge in [0.25, 0.3) is 0 Å². The second-order valence-electron chi connectivity index (χ2n) is 13.8. The number of anilines is 3. The lowest BCUT2D eigenvalue weighted by atomic mass is 9.81. The van der Waals surface area contributed by atoms with E-state index in [0.29, 0.717) is 0 Å². The van der Waals surface area contributed by atoms with E-state index in [1.807, 2.05) is 12.3 Å². The minimum Gasteiger partial charge on any atom is -0.294 e. The van der Waals surface area contributed by atoms with Crippen LogP contribution in [0.5, 0.6) is 0 Å². The molecule has 258 valence electrons. The molecular weight excluding hydrogens is 667 g/mol. The molecule has 0 aliphatic rings. The SMILES string of the molecule is c1ccc(-c2ccc(N(c3ccc4c(c3)c3ccccc3c3c(-c5ccccc5)cc(-c5ccccc5)c(-c5ccccc5)c43)c3cnccn3)cc2)cc1. The fourth-order valence-electron chi connectivity index (χ4n) is 8.13. The van der Waals surface area contributed by atoms with Gasteiger partial charge < -0.3 is 0 Å². The molecule has 0 bridgehead atoms. The van der Waals surface area contributed by atoms with E-state index in [0.717, 1.165) is 22.8 Å². The second kappa shape index (κ2) is 13.9. The highest BCUT2D eigenvalue weighted by molar-refractivity contribution is 6.33. The maximum Gasteiger partial charge on any atom is 0.156 e. The zero-order valence-electron chi connectivity index (χ0n) is 30.0. The minimum absolute atomic E-state index is 0.752. The van der Waals surface area contributed by atoms with Crippen molar-refractivity contribution in [2.24, 2.45) is 0 Å². The van der Waals surface area contributed by atoms with Crippen LogP contribution in [0.4, 0.5) is 17.2 Å². The van der Waals surface area contributed by atoms with Gasteiger partial charge in [-0.2, -0.15) is 0 Å². The Balaban J connectivity index is 1.30. The molecule has 0 saturated heterocycles. The van der Waals surface area contributed by atoms with Crippen molar-refractivity contribution in [1.82, 2.24) is 9.97 Å². The Hall–Kier alpha value is -7.36. The maximum atomic E-state index is 4.81. The van der Waals surface area contributed by atoms with E-state index in [2.05, 4.69) is 198 Å². The van der Waals surface area contributed by atoms with Gasteiger partial charge in [-0.05, 0) is 107 Å². The summed E-state index contributed by atoms with van der Waals surface area (Å²) in [4.78, 5) is 11.5. The highest BCUT2D eigenvalue weighted by atomic mass is 15.2. The summed E-state index contributed by atoms with van der Waals surface area (Å²) < 4.78 is 0. The Labute approximate surface area is 320 Å². The standard InChI is InChI=1S/C52H35N3/c1-5-15-36(16-6-1)37-25-27-41(28-26-37)55(49-35-53-31-32-54-49)42-29-30-45-48(33-42)43-23-13-14-24-44(43)51-47(39-19-9-3-10-20-39)34-46(38-17-7-2-8-18-38)50(52(45)51)40-21-11-4-12-22-40/h1-35H. The van der Waals surface area contributed by atoms with Gasteiger partial charge in [0, 0.05) is 23.8 Å². The summed E-state index contributed by atoms with van der Waals surface area (Å²) in [6.07, 6.45) is 5.31. The van der Waals surface area contributed by atoms with Crippen LogP contribution in [0.25, 0.3) is 76.8 Å². The lowest BCUT2D eigenvalue weighted by Crippen LogP contribution is -2.11.